The van der Waals surface area contributed by atoms with Crippen LogP contribution in [0, 0.1) is 0 Å². The van der Waals surface area contributed by atoms with Crippen molar-refractivity contribution in [2.45, 2.75) is 0 Å². The van der Waals surface area contributed by atoms with Gasteiger partial charge in [0.2, 0.25) is 0 Å². The van der Waals surface area contributed by atoms with Crippen molar-refractivity contribution in [1.29, 1.82) is 0 Å². The topological polar surface area (TPSA) is 34.5 Å². The number of aromatic nitrogens is 1. The molecule has 4 nitrogen and oxygen atoms in total. The monoisotopic (exact) mass is 640 g/mol. The second kappa shape index (κ2) is 10.4. The van der Waals surface area contributed by atoms with E-state index in [1.165, 1.54) is 27.2 Å². The molecule has 4 heteroatoms. The highest BCUT2D eigenvalue weighted by molar-refractivity contribution is 6.19. The van der Waals surface area contributed by atoms with E-state index < -0.39 is 0 Å². The van der Waals surface area contributed by atoms with Crippen LogP contribution in [0.25, 0.3) is 82.1 Å². The average Bonchev–Trinajstić information content (AvgIpc) is 3.85. The Kier molecular flexibility index (Phi) is 5.63. The smallest absolute Gasteiger partial charge is 0.136 e. The van der Waals surface area contributed by atoms with Gasteiger partial charge >= 0.3 is 0 Å². The first kappa shape index (κ1) is 27.2. The predicted octanol–water partition coefficient (Wildman–Crippen LogP) is 13.2. The van der Waals surface area contributed by atoms with Gasteiger partial charge in [-0.3, -0.25) is 0 Å². The van der Waals surface area contributed by atoms with E-state index in [4.69, 9.17) is 8.83 Å². The summed E-state index contributed by atoms with van der Waals surface area (Å²) in [7, 11) is 0. The van der Waals surface area contributed by atoms with E-state index in [2.05, 4.69) is 155 Å². The molecule has 0 aliphatic carbocycles. The molecule has 0 radical (unpaired) electrons. The maximum atomic E-state index is 6.31. The minimum absolute atomic E-state index is 0.876. The quantitative estimate of drug-likeness (QED) is 0.192. The molecular weight excluding hydrogens is 613 g/mol. The zero-order valence-corrected chi connectivity index (χ0v) is 26.9. The van der Waals surface area contributed by atoms with Crippen molar-refractivity contribution in [3.63, 3.8) is 0 Å². The van der Waals surface area contributed by atoms with Gasteiger partial charge < -0.3 is 18.3 Å². The average molecular weight is 641 g/mol. The number of para-hydroxylation sites is 4. The molecule has 0 N–H and O–H groups in total. The lowest BCUT2D eigenvalue weighted by Gasteiger charge is -2.26. The van der Waals surface area contributed by atoms with E-state index >= 15 is 0 Å². The van der Waals surface area contributed by atoms with E-state index in [1.807, 2.05) is 24.3 Å². The molecule has 50 heavy (non-hydrogen) atoms. The molecule has 0 bridgehead atoms. The number of hydrogen-bond donors (Lipinski definition) is 0. The highest BCUT2D eigenvalue weighted by Gasteiger charge is 2.20. The fourth-order valence-electron chi connectivity index (χ4n) is 7.93. The molecule has 0 atom stereocenters. The number of rotatable bonds is 4. The van der Waals surface area contributed by atoms with E-state index in [9.17, 15) is 0 Å². The summed E-state index contributed by atoms with van der Waals surface area (Å²) in [6, 6.07) is 60.2. The highest BCUT2D eigenvalue weighted by atomic mass is 16.3. The van der Waals surface area contributed by atoms with Crippen LogP contribution in [0.15, 0.2) is 179 Å². The van der Waals surface area contributed by atoms with Gasteiger partial charge in [-0.25, -0.2) is 0 Å². The molecule has 8 aromatic carbocycles. The fourth-order valence-corrected chi connectivity index (χ4v) is 7.93. The number of benzene rings is 8. The highest BCUT2D eigenvalue weighted by Crippen LogP contribution is 2.44. The number of anilines is 3. The van der Waals surface area contributed by atoms with Gasteiger partial charge in [0.1, 0.15) is 22.3 Å². The second-order valence-corrected chi connectivity index (χ2v) is 12.9. The lowest BCUT2D eigenvalue weighted by atomic mass is 10.0. The molecule has 3 aromatic heterocycles. The SMILES string of the molecule is c1ccc(-n2c3ccccc3c3cc(N(c4ccc5oc6ccccc6c5c4)c4ccc5ccc6oc7ccccc7c6c5c4)ccc32)cc1. The normalized spacial score (nSPS) is 12.0. The number of nitrogens with zero attached hydrogens (tertiary/aromatic N) is 2. The van der Waals surface area contributed by atoms with Gasteiger partial charge in [-0.2, -0.15) is 0 Å². The Balaban J connectivity index is 1.20. The van der Waals surface area contributed by atoms with Gasteiger partial charge in [0.25, 0.3) is 0 Å². The van der Waals surface area contributed by atoms with Crippen LogP contribution in [-0.2, 0) is 0 Å². The van der Waals surface area contributed by atoms with Crippen molar-refractivity contribution in [1.82, 2.24) is 4.57 Å². The molecule has 11 aromatic rings. The summed E-state index contributed by atoms with van der Waals surface area (Å²) in [6.45, 7) is 0. The van der Waals surface area contributed by atoms with Gasteiger partial charge in [0, 0.05) is 55.1 Å². The van der Waals surface area contributed by atoms with Crippen LogP contribution in [-0.4, -0.2) is 4.57 Å². The molecular formula is C46H28N2O2. The molecule has 3 heterocycles. The molecule has 0 aliphatic rings. The van der Waals surface area contributed by atoms with Crippen LogP contribution in [0.1, 0.15) is 0 Å². The van der Waals surface area contributed by atoms with Gasteiger partial charge in [-0.05, 0) is 95.7 Å². The minimum atomic E-state index is 0.876. The van der Waals surface area contributed by atoms with E-state index in [0.717, 1.165) is 72.0 Å². The summed E-state index contributed by atoms with van der Waals surface area (Å²) in [5, 5.41) is 9.21. The predicted molar refractivity (Wildman–Crippen MR) is 208 cm³/mol. The van der Waals surface area contributed by atoms with Crippen molar-refractivity contribution >= 4 is 93.5 Å². The Morgan fingerprint density at radius 3 is 1.74 bits per heavy atom. The van der Waals surface area contributed by atoms with Crippen LogP contribution in [0.5, 0.6) is 0 Å². The first-order valence-corrected chi connectivity index (χ1v) is 16.9. The van der Waals surface area contributed by atoms with Gasteiger partial charge in [0.05, 0.1) is 11.0 Å². The van der Waals surface area contributed by atoms with Crippen LogP contribution in [0.3, 0.4) is 0 Å². The van der Waals surface area contributed by atoms with Crippen molar-refractivity contribution in [3.05, 3.63) is 170 Å². The zero-order chi connectivity index (χ0) is 32.8. The molecule has 0 unspecified atom stereocenters. The zero-order valence-electron chi connectivity index (χ0n) is 26.9. The summed E-state index contributed by atoms with van der Waals surface area (Å²) in [4.78, 5) is 2.37. The third kappa shape index (κ3) is 3.93. The van der Waals surface area contributed by atoms with Gasteiger partial charge in [0.15, 0.2) is 0 Å². The van der Waals surface area contributed by atoms with Crippen LogP contribution in [0.2, 0.25) is 0 Å². The number of fused-ring (bicyclic) bond motifs is 11. The lowest BCUT2D eigenvalue weighted by molar-refractivity contribution is 0.668. The van der Waals surface area contributed by atoms with Crippen molar-refractivity contribution in [3.8, 4) is 5.69 Å². The minimum Gasteiger partial charge on any atom is -0.456 e. The molecule has 0 spiro atoms. The maximum absolute atomic E-state index is 6.31. The Labute approximate surface area is 286 Å². The molecule has 0 saturated carbocycles. The first-order chi connectivity index (χ1) is 24.8. The van der Waals surface area contributed by atoms with Gasteiger partial charge in [-0.15, -0.1) is 0 Å². The Bertz CT molecular complexity index is 3110. The van der Waals surface area contributed by atoms with Crippen molar-refractivity contribution < 1.29 is 8.83 Å². The van der Waals surface area contributed by atoms with Crippen LogP contribution >= 0.6 is 0 Å². The molecule has 11 rings (SSSR count). The van der Waals surface area contributed by atoms with E-state index in [1.54, 1.807) is 0 Å². The summed E-state index contributed by atoms with van der Waals surface area (Å²) < 4.78 is 14.9. The van der Waals surface area contributed by atoms with E-state index in [0.29, 0.717) is 0 Å². The number of furan rings is 2. The second-order valence-electron chi connectivity index (χ2n) is 12.9. The Morgan fingerprint density at radius 1 is 0.360 bits per heavy atom. The third-order valence-electron chi connectivity index (χ3n) is 10.1. The largest absolute Gasteiger partial charge is 0.456 e. The maximum Gasteiger partial charge on any atom is 0.136 e. The molecule has 0 saturated heterocycles. The summed E-state index contributed by atoms with van der Waals surface area (Å²) in [5.41, 5.74) is 10.2. The van der Waals surface area contributed by atoms with Crippen molar-refractivity contribution in [2.75, 3.05) is 4.90 Å². The van der Waals surface area contributed by atoms with Crippen LogP contribution in [0.4, 0.5) is 17.1 Å². The summed E-state index contributed by atoms with van der Waals surface area (Å²) >= 11 is 0. The number of hydrogen-bond acceptors (Lipinski definition) is 3. The fraction of sp³-hybridized carbons (Fsp3) is 0. The molecule has 0 fully saturated rings. The Hall–Kier alpha value is -6.78. The standard InChI is InChI=1S/C46H28N2O2/c1-2-10-30(11-3-1)48-40-15-7-4-12-34(40)38-27-32(21-23-41(38)48)47(33-22-25-44-39(28-33)35-13-5-8-16-42(35)49-44)31-20-18-29-19-24-45-46(37(29)26-31)36-14-6-9-17-43(36)50-45/h1-28H. The molecule has 0 amide bonds. The molecule has 234 valence electrons. The Morgan fingerprint density at radius 2 is 0.900 bits per heavy atom. The third-order valence-corrected chi connectivity index (χ3v) is 10.1. The molecule has 0 aliphatic heterocycles. The van der Waals surface area contributed by atoms with Gasteiger partial charge in [-0.1, -0.05) is 84.9 Å². The van der Waals surface area contributed by atoms with Crippen LogP contribution < -0.4 is 4.90 Å². The summed E-state index contributed by atoms with van der Waals surface area (Å²) in [6.07, 6.45) is 0. The van der Waals surface area contributed by atoms with E-state index in [-0.39, 0.29) is 0 Å². The van der Waals surface area contributed by atoms with Crippen molar-refractivity contribution in [2.24, 2.45) is 0 Å². The first-order valence-electron chi connectivity index (χ1n) is 16.9. The lowest BCUT2D eigenvalue weighted by Crippen LogP contribution is -2.10. The summed E-state index contributed by atoms with van der Waals surface area (Å²) in [5.74, 6) is 0.